The zero-order valence-electron chi connectivity index (χ0n) is 7.51. The number of ether oxygens (including phenoxy) is 1. The lowest BCUT2D eigenvalue weighted by Crippen LogP contribution is -2.29. The van der Waals surface area contributed by atoms with Crippen molar-refractivity contribution < 1.29 is 4.74 Å². The highest BCUT2D eigenvalue weighted by atomic mass is 79.9. The molecule has 0 radical (unpaired) electrons. The minimum atomic E-state index is 0.314. The summed E-state index contributed by atoms with van der Waals surface area (Å²) in [6.45, 7) is 3.04. The second-order valence-corrected chi connectivity index (χ2v) is 4.09. The van der Waals surface area contributed by atoms with Crippen LogP contribution in [0.25, 0.3) is 0 Å². The quantitative estimate of drug-likeness (QED) is 0.817. The van der Waals surface area contributed by atoms with E-state index in [-0.39, 0.29) is 0 Å². The third-order valence-electron chi connectivity index (χ3n) is 2.21. The highest BCUT2D eigenvalue weighted by Crippen LogP contribution is 2.32. The SMILES string of the molecule is CC[C@H]1CNc2cc(Br)ccc2O1. The maximum Gasteiger partial charge on any atom is 0.142 e. The molecule has 1 heterocycles. The summed E-state index contributed by atoms with van der Waals surface area (Å²) in [5, 5.41) is 3.35. The zero-order chi connectivity index (χ0) is 9.26. The zero-order valence-corrected chi connectivity index (χ0v) is 9.10. The third kappa shape index (κ3) is 1.80. The number of rotatable bonds is 1. The number of halogens is 1. The summed E-state index contributed by atoms with van der Waals surface area (Å²) in [7, 11) is 0. The van der Waals surface area contributed by atoms with Gasteiger partial charge < -0.3 is 10.1 Å². The smallest absolute Gasteiger partial charge is 0.142 e. The molecule has 0 amide bonds. The second-order valence-electron chi connectivity index (χ2n) is 3.17. The van der Waals surface area contributed by atoms with Crippen molar-refractivity contribution in [2.24, 2.45) is 0 Å². The Morgan fingerprint density at radius 1 is 1.62 bits per heavy atom. The van der Waals surface area contributed by atoms with E-state index in [2.05, 4.69) is 28.2 Å². The molecule has 0 bridgehead atoms. The largest absolute Gasteiger partial charge is 0.486 e. The van der Waals surface area contributed by atoms with Gasteiger partial charge in [0.05, 0.1) is 12.2 Å². The summed E-state index contributed by atoms with van der Waals surface area (Å²) in [4.78, 5) is 0. The topological polar surface area (TPSA) is 21.3 Å². The molecule has 70 valence electrons. The Morgan fingerprint density at radius 3 is 3.23 bits per heavy atom. The van der Waals surface area contributed by atoms with Crippen LogP contribution in [0.3, 0.4) is 0 Å². The Balaban J connectivity index is 2.26. The number of hydrogen-bond donors (Lipinski definition) is 1. The van der Waals surface area contributed by atoms with Gasteiger partial charge >= 0.3 is 0 Å². The van der Waals surface area contributed by atoms with E-state index in [1.165, 1.54) is 0 Å². The number of benzene rings is 1. The lowest BCUT2D eigenvalue weighted by atomic mass is 10.2. The molecule has 1 N–H and O–H groups in total. The fourth-order valence-electron chi connectivity index (χ4n) is 1.42. The van der Waals surface area contributed by atoms with Crippen molar-refractivity contribution in [1.29, 1.82) is 0 Å². The van der Waals surface area contributed by atoms with Gasteiger partial charge in [0.25, 0.3) is 0 Å². The highest BCUT2D eigenvalue weighted by molar-refractivity contribution is 9.10. The Hall–Kier alpha value is -0.700. The summed E-state index contributed by atoms with van der Waals surface area (Å²) in [6.07, 6.45) is 1.36. The second kappa shape index (κ2) is 3.58. The van der Waals surface area contributed by atoms with Gasteiger partial charge in [-0.25, -0.2) is 0 Å². The maximum absolute atomic E-state index is 5.75. The van der Waals surface area contributed by atoms with Crippen LogP contribution >= 0.6 is 15.9 Å². The normalized spacial score (nSPS) is 20.0. The molecule has 1 aromatic rings. The van der Waals surface area contributed by atoms with E-state index in [9.17, 15) is 0 Å². The van der Waals surface area contributed by atoms with Crippen molar-refractivity contribution in [2.75, 3.05) is 11.9 Å². The van der Waals surface area contributed by atoms with E-state index >= 15 is 0 Å². The van der Waals surface area contributed by atoms with E-state index in [0.29, 0.717) is 6.10 Å². The molecule has 1 aliphatic heterocycles. The third-order valence-corrected chi connectivity index (χ3v) is 2.70. The monoisotopic (exact) mass is 241 g/mol. The van der Waals surface area contributed by atoms with Crippen LogP contribution in [0.4, 0.5) is 5.69 Å². The van der Waals surface area contributed by atoms with Gasteiger partial charge in [0.1, 0.15) is 11.9 Å². The molecule has 0 unspecified atom stereocenters. The van der Waals surface area contributed by atoms with Crippen LogP contribution in [-0.4, -0.2) is 12.6 Å². The molecule has 2 rings (SSSR count). The van der Waals surface area contributed by atoms with Crippen molar-refractivity contribution >= 4 is 21.6 Å². The summed E-state index contributed by atoms with van der Waals surface area (Å²) in [5.74, 6) is 0.960. The van der Waals surface area contributed by atoms with Crippen molar-refractivity contribution in [2.45, 2.75) is 19.4 Å². The van der Waals surface area contributed by atoms with Crippen LogP contribution < -0.4 is 10.1 Å². The van der Waals surface area contributed by atoms with Crippen molar-refractivity contribution in [3.05, 3.63) is 22.7 Å². The molecule has 1 aromatic carbocycles. The molecule has 2 nitrogen and oxygen atoms in total. The summed E-state index contributed by atoms with van der Waals surface area (Å²) in [6, 6.07) is 6.04. The predicted molar refractivity (Wildman–Crippen MR) is 57.3 cm³/mol. The molecule has 0 spiro atoms. The van der Waals surface area contributed by atoms with Gasteiger partial charge in [-0.05, 0) is 24.6 Å². The number of fused-ring (bicyclic) bond motifs is 1. The first-order valence-corrected chi connectivity index (χ1v) is 5.29. The molecule has 0 saturated heterocycles. The van der Waals surface area contributed by atoms with Gasteiger partial charge in [-0.15, -0.1) is 0 Å². The van der Waals surface area contributed by atoms with Crippen LogP contribution in [0.1, 0.15) is 13.3 Å². The first-order chi connectivity index (χ1) is 6.29. The van der Waals surface area contributed by atoms with Gasteiger partial charge in [-0.1, -0.05) is 22.9 Å². The van der Waals surface area contributed by atoms with Gasteiger partial charge in [0, 0.05) is 4.47 Å². The van der Waals surface area contributed by atoms with Gasteiger partial charge in [-0.3, -0.25) is 0 Å². The molecule has 1 atom stereocenters. The van der Waals surface area contributed by atoms with Crippen molar-refractivity contribution in [3.8, 4) is 5.75 Å². The lowest BCUT2D eigenvalue weighted by Gasteiger charge is -2.26. The molecule has 1 aliphatic rings. The molecule has 0 aromatic heterocycles. The van der Waals surface area contributed by atoms with E-state index in [4.69, 9.17) is 4.74 Å². The standard InChI is InChI=1S/C10H12BrNO/c1-2-8-6-12-9-5-7(11)3-4-10(9)13-8/h3-5,8,12H,2,6H2,1H3/t8-/m0/s1. The summed E-state index contributed by atoms with van der Waals surface area (Å²) < 4.78 is 6.83. The van der Waals surface area contributed by atoms with Gasteiger partial charge in [0.2, 0.25) is 0 Å². The fraction of sp³-hybridized carbons (Fsp3) is 0.400. The van der Waals surface area contributed by atoms with Gasteiger partial charge in [-0.2, -0.15) is 0 Å². The summed E-state index contributed by atoms with van der Waals surface area (Å²) >= 11 is 3.43. The first kappa shape index (κ1) is 8.88. The van der Waals surface area contributed by atoms with Crippen LogP contribution in [0, 0.1) is 0 Å². The van der Waals surface area contributed by atoms with Crippen LogP contribution in [0.5, 0.6) is 5.75 Å². The number of nitrogens with one attached hydrogen (secondary N) is 1. The van der Waals surface area contributed by atoms with Crippen molar-refractivity contribution in [3.63, 3.8) is 0 Å². The van der Waals surface area contributed by atoms with Crippen molar-refractivity contribution in [1.82, 2.24) is 0 Å². The minimum Gasteiger partial charge on any atom is -0.486 e. The number of hydrogen-bond acceptors (Lipinski definition) is 2. The van der Waals surface area contributed by atoms with Crippen LogP contribution in [-0.2, 0) is 0 Å². The van der Waals surface area contributed by atoms with Crippen LogP contribution in [0.15, 0.2) is 22.7 Å². The fourth-order valence-corrected chi connectivity index (χ4v) is 1.78. The average Bonchev–Trinajstić information content (AvgIpc) is 2.17. The predicted octanol–water partition coefficient (Wildman–Crippen LogP) is 3.03. The molecule has 0 aliphatic carbocycles. The van der Waals surface area contributed by atoms with Crippen LogP contribution in [0.2, 0.25) is 0 Å². The molecule has 0 fully saturated rings. The number of anilines is 1. The Kier molecular flexibility index (Phi) is 2.44. The Morgan fingerprint density at radius 2 is 2.46 bits per heavy atom. The maximum atomic E-state index is 5.75. The molecule has 0 saturated carbocycles. The Bertz CT molecular complexity index is 314. The first-order valence-electron chi connectivity index (χ1n) is 4.49. The molecular formula is C10H12BrNO. The lowest BCUT2D eigenvalue weighted by molar-refractivity contribution is 0.202. The van der Waals surface area contributed by atoms with E-state index < -0.39 is 0 Å². The molecule has 13 heavy (non-hydrogen) atoms. The highest BCUT2D eigenvalue weighted by Gasteiger charge is 2.16. The van der Waals surface area contributed by atoms with Gasteiger partial charge in [0.15, 0.2) is 0 Å². The molecular weight excluding hydrogens is 230 g/mol. The average molecular weight is 242 g/mol. The summed E-state index contributed by atoms with van der Waals surface area (Å²) in [5.41, 5.74) is 1.08. The Labute approximate surface area is 86.4 Å². The molecule has 3 heteroatoms. The van der Waals surface area contributed by atoms with E-state index in [1.54, 1.807) is 0 Å². The minimum absolute atomic E-state index is 0.314. The van der Waals surface area contributed by atoms with E-state index in [1.807, 2.05) is 18.2 Å². The van der Waals surface area contributed by atoms with E-state index in [0.717, 1.165) is 28.9 Å².